The Labute approximate surface area is 110 Å². The van der Waals surface area contributed by atoms with E-state index in [1.165, 1.54) is 11.0 Å². The smallest absolute Gasteiger partial charge is 0.237 e. The van der Waals surface area contributed by atoms with Crippen molar-refractivity contribution >= 4 is 17.4 Å². The molecule has 3 nitrogen and oxygen atoms in total. The fourth-order valence-corrected chi connectivity index (χ4v) is 2.36. The van der Waals surface area contributed by atoms with E-state index in [9.17, 15) is 18.4 Å². The number of piperidine rings is 1. The zero-order chi connectivity index (χ0) is 14.0. The number of halogens is 2. The summed E-state index contributed by atoms with van der Waals surface area (Å²) in [5.74, 6) is -2.67. The van der Waals surface area contributed by atoms with Gasteiger partial charge in [0.15, 0.2) is 0 Å². The number of anilines is 1. The highest BCUT2D eigenvalue weighted by Gasteiger charge is 2.34. The summed E-state index contributed by atoms with van der Waals surface area (Å²) in [5, 5.41) is 0. The first-order chi connectivity index (χ1) is 9.04. The van der Waals surface area contributed by atoms with Crippen LogP contribution >= 0.6 is 0 Å². The van der Waals surface area contributed by atoms with Crippen molar-refractivity contribution in [2.24, 2.45) is 5.92 Å². The molecule has 0 aromatic heterocycles. The maximum atomic E-state index is 13.7. The summed E-state index contributed by atoms with van der Waals surface area (Å²) in [7, 11) is 0. The highest BCUT2D eigenvalue weighted by molar-refractivity contribution is 6.08. The molecule has 1 amide bonds. The zero-order valence-corrected chi connectivity index (χ0v) is 10.7. The zero-order valence-electron chi connectivity index (χ0n) is 10.7. The monoisotopic (exact) mass is 267 g/mol. The molecule has 1 aliphatic heterocycles. The van der Waals surface area contributed by atoms with Crippen LogP contribution < -0.4 is 4.90 Å². The first kappa shape index (κ1) is 13.6. The van der Waals surface area contributed by atoms with Crippen molar-refractivity contribution in [3.05, 3.63) is 29.8 Å². The van der Waals surface area contributed by atoms with Crippen molar-refractivity contribution in [3.63, 3.8) is 0 Å². The molecule has 19 heavy (non-hydrogen) atoms. The highest BCUT2D eigenvalue weighted by Crippen LogP contribution is 2.28. The Morgan fingerprint density at radius 2 is 2.16 bits per heavy atom. The molecule has 0 aliphatic carbocycles. The number of hydrogen-bond donors (Lipinski definition) is 0. The van der Waals surface area contributed by atoms with E-state index in [4.69, 9.17) is 0 Å². The van der Waals surface area contributed by atoms with Gasteiger partial charge in [0, 0.05) is 19.0 Å². The lowest BCUT2D eigenvalue weighted by molar-refractivity contribution is -0.133. The van der Waals surface area contributed by atoms with Gasteiger partial charge < -0.3 is 4.90 Å². The second-order valence-corrected chi connectivity index (χ2v) is 4.60. The number of rotatable bonds is 3. The summed E-state index contributed by atoms with van der Waals surface area (Å²) in [6.45, 7) is 2.06. The molecule has 1 aromatic carbocycles. The van der Waals surface area contributed by atoms with Gasteiger partial charge in [0.1, 0.15) is 17.4 Å². The van der Waals surface area contributed by atoms with Crippen LogP contribution in [0, 0.1) is 17.6 Å². The lowest BCUT2D eigenvalue weighted by Crippen LogP contribution is -2.44. The van der Waals surface area contributed by atoms with E-state index in [1.54, 1.807) is 6.92 Å². The molecule has 0 bridgehead atoms. The molecule has 1 atom stereocenters. The van der Waals surface area contributed by atoms with Gasteiger partial charge in [-0.25, -0.2) is 8.78 Å². The number of nitrogens with zero attached hydrogens (tertiary/aromatic N) is 1. The lowest BCUT2D eigenvalue weighted by atomic mass is 9.91. The quantitative estimate of drug-likeness (QED) is 0.790. The van der Waals surface area contributed by atoms with Crippen molar-refractivity contribution in [1.82, 2.24) is 0 Å². The summed E-state index contributed by atoms with van der Waals surface area (Å²) in [6.07, 6.45) is 1.43. The minimum Gasteiger partial charge on any atom is -0.309 e. The maximum absolute atomic E-state index is 13.7. The van der Waals surface area contributed by atoms with Crippen molar-refractivity contribution in [3.8, 4) is 0 Å². The second kappa shape index (κ2) is 5.47. The summed E-state index contributed by atoms with van der Waals surface area (Å²) in [5.41, 5.74) is 0.0417. The predicted octanol–water partition coefficient (Wildman–Crippen LogP) is 2.69. The highest BCUT2D eigenvalue weighted by atomic mass is 19.1. The fraction of sp³-hybridized carbons (Fsp3) is 0.429. The number of carbonyl (C=O) groups excluding carboxylic acids is 2. The molecule has 1 aliphatic rings. The van der Waals surface area contributed by atoms with E-state index in [1.807, 2.05) is 0 Å². The summed E-state index contributed by atoms with van der Waals surface area (Å²) < 4.78 is 26.6. The lowest BCUT2D eigenvalue weighted by Gasteiger charge is -2.31. The van der Waals surface area contributed by atoms with E-state index in [2.05, 4.69) is 0 Å². The normalized spacial score (nSPS) is 19.6. The number of ketones is 1. The average Bonchev–Trinajstić information content (AvgIpc) is 2.39. The van der Waals surface area contributed by atoms with Gasteiger partial charge in [-0.3, -0.25) is 9.59 Å². The minimum atomic E-state index is -0.780. The molecule has 2 rings (SSSR count). The third kappa shape index (κ3) is 2.64. The van der Waals surface area contributed by atoms with Crippen LogP contribution in [0.5, 0.6) is 0 Å². The van der Waals surface area contributed by atoms with Gasteiger partial charge in [-0.2, -0.15) is 0 Å². The first-order valence-electron chi connectivity index (χ1n) is 6.33. The van der Waals surface area contributed by atoms with Crippen LogP contribution in [-0.4, -0.2) is 18.2 Å². The van der Waals surface area contributed by atoms with Gasteiger partial charge in [0.2, 0.25) is 5.91 Å². The van der Waals surface area contributed by atoms with Crippen molar-refractivity contribution in [2.45, 2.75) is 26.2 Å². The first-order valence-corrected chi connectivity index (χ1v) is 6.33. The summed E-state index contributed by atoms with van der Waals surface area (Å²) in [4.78, 5) is 25.1. The van der Waals surface area contributed by atoms with Crippen LogP contribution in [0.3, 0.4) is 0 Å². The maximum Gasteiger partial charge on any atom is 0.237 e. The fourth-order valence-electron chi connectivity index (χ4n) is 2.36. The van der Waals surface area contributed by atoms with Crippen molar-refractivity contribution in [2.75, 3.05) is 11.4 Å². The molecule has 1 fully saturated rings. The van der Waals surface area contributed by atoms with Crippen LogP contribution in [0.25, 0.3) is 0 Å². The van der Waals surface area contributed by atoms with Crippen LogP contribution in [0.15, 0.2) is 18.2 Å². The molecular formula is C14H15F2NO2. The molecule has 0 saturated carbocycles. The van der Waals surface area contributed by atoms with Crippen LogP contribution in [-0.2, 0) is 9.59 Å². The van der Waals surface area contributed by atoms with Gasteiger partial charge in [0.25, 0.3) is 0 Å². The molecule has 0 radical (unpaired) electrons. The molecule has 1 aromatic rings. The van der Waals surface area contributed by atoms with Gasteiger partial charge in [-0.15, -0.1) is 0 Å². The van der Waals surface area contributed by atoms with E-state index in [-0.39, 0.29) is 23.8 Å². The van der Waals surface area contributed by atoms with Gasteiger partial charge >= 0.3 is 0 Å². The third-order valence-electron chi connectivity index (χ3n) is 3.38. The molecule has 1 saturated heterocycles. The van der Waals surface area contributed by atoms with E-state index >= 15 is 0 Å². The molecule has 5 heteroatoms. The standard InChI is InChI=1S/C14H15F2NO2/c1-2-13(18)10-4-3-7-17(14(10)19)12-6-5-9(15)8-11(12)16/h5-6,8,10H,2-4,7H2,1H3. The Balaban J connectivity index is 2.29. The molecular weight excluding hydrogens is 252 g/mol. The SMILES string of the molecule is CCC(=O)C1CCCN(c2ccc(F)cc2F)C1=O. The Morgan fingerprint density at radius 3 is 2.79 bits per heavy atom. The Morgan fingerprint density at radius 1 is 1.42 bits per heavy atom. The van der Waals surface area contributed by atoms with Gasteiger partial charge in [-0.1, -0.05) is 6.92 Å². The minimum absolute atomic E-state index is 0.0417. The molecule has 1 unspecified atom stereocenters. The van der Waals surface area contributed by atoms with E-state index in [0.717, 1.165) is 12.1 Å². The Bertz CT molecular complexity index is 516. The van der Waals surface area contributed by atoms with E-state index < -0.39 is 17.6 Å². The number of carbonyl (C=O) groups is 2. The van der Waals surface area contributed by atoms with Crippen LogP contribution in [0.4, 0.5) is 14.5 Å². The topological polar surface area (TPSA) is 37.4 Å². The number of Topliss-reactive ketones (excluding diaryl/α,β-unsaturated/α-hetero) is 1. The largest absolute Gasteiger partial charge is 0.309 e. The molecule has 0 spiro atoms. The van der Waals surface area contributed by atoms with Gasteiger partial charge in [0.05, 0.1) is 11.6 Å². The van der Waals surface area contributed by atoms with Crippen LogP contribution in [0.1, 0.15) is 26.2 Å². The second-order valence-electron chi connectivity index (χ2n) is 4.60. The Kier molecular flexibility index (Phi) is 3.93. The van der Waals surface area contributed by atoms with Crippen LogP contribution in [0.2, 0.25) is 0 Å². The van der Waals surface area contributed by atoms with Crippen molar-refractivity contribution < 1.29 is 18.4 Å². The molecule has 0 N–H and O–H groups in total. The number of amides is 1. The summed E-state index contributed by atoms with van der Waals surface area (Å²) in [6, 6.07) is 3.09. The third-order valence-corrected chi connectivity index (χ3v) is 3.38. The Hall–Kier alpha value is -1.78. The van der Waals surface area contributed by atoms with Crippen molar-refractivity contribution in [1.29, 1.82) is 0 Å². The average molecular weight is 267 g/mol. The predicted molar refractivity (Wildman–Crippen MR) is 66.7 cm³/mol. The van der Waals surface area contributed by atoms with Gasteiger partial charge in [-0.05, 0) is 25.0 Å². The number of benzene rings is 1. The van der Waals surface area contributed by atoms with E-state index in [0.29, 0.717) is 19.4 Å². The molecule has 102 valence electrons. The summed E-state index contributed by atoms with van der Waals surface area (Å²) >= 11 is 0. The molecule has 1 heterocycles. The number of hydrogen-bond acceptors (Lipinski definition) is 2.